The van der Waals surface area contributed by atoms with Crippen LogP contribution >= 0.6 is 0 Å². The molecule has 2 aliphatic rings. The third-order valence-corrected chi connectivity index (χ3v) is 4.85. The molecule has 0 bridgehead atoms. The van der Waals surface area contributed by atoms with E-state index in [0.29, 0.717) is 12.5 Å². The van der Waals surface area contributed by atoms with Gasteiger partial charge in [-0.15, -0.1) is 0 Å². The van der Waals surface area contributed by atoms with E-state index < -0.39 is 0 Å². The second kappa shape index (κ2) is 7.14. The van der Waals surface area contributed by atoms with Crippen molar-refractivity contribution in [3.63, 3.8) is 0 Å². The maximum Gasteiger partial charge on any atom is 0.228 e. The lowest BCUT2D eigenvalue weighted by atomic mass is 9.94. The van der Waals surface area contributed by atoms with Crippen molar-refractivity contribution in [2.75, 3.05) is 33.4 Å². The summed E-state index contributed by atoms with van der Waals surface area (Å²) >= 11 is 0. The van der Waals surface area contributed by atoms with Crippen molar-refractivity contribution >= 4 is 5.91 Å². The maximum absolute atomic E-state index is 12.7. The fraction of sp³-hybridized carbons (Fsp3) is 0.611. The Labute approximate surface area is 132 Å². The van der Waals surface area contributed by atoms with Crippen LogP contribution in [0.5, 0.6) is 5.75 Å². The number of nitrogens with zero attached hydrogens (tertiary/aromatic N) is 1. The summed E-state index contributed by atoms with van der Waals surface area (Å²) in [5.74, 6) is 1.68. The summed E-state index contributed by atoms with van der Waals surface area (Å²) in [5, 5.41) is 0. The number of benzene rings is 1. The average molecular weight is 303 g/mol. The first-order chi connectivity index (χ1) is 10.8. The number of hydrogen-bond acceptors (Lipinski definition) is 3. The molecule has 2 atom stereocenters. The zero-order valence-corrected chi connectivity index (χ0v) is 13.3. The van der Waals surface area contributed by atoms with Crippen LogP contribution in [-0.4, -0.2) is 44.2 Å². The molecule has 0 radical (unpaired) electrons. The lowest BCUT2D eigenvalue weighted by Gasteiger charge is -2.27. The molecule has 0 spiro atoms. The zero-order chi connectivity index (χ0) is 15.4. The molecule has 0 N–H and O–H groups in total. The summed E-state index contributed by atoms with van der Waals surface area (Å²) in [6.45, 7) is 3.05. The first-order valence-electron chi connectivity index (χ1n) is 8.28. The molecule has 4 heteroatoms. The summed E-state index contributed by atoms with van der Waals surface area (Å²) in [6.07, 6.45) is 4.31. The lowest BCUT2D eigenvalue weighted by Crippen LogP contribution is -2.38. The zero-order valence-electron chi connectivity index (χ0n) is 13.3. The number of methoxy groups -OCH3 is 1. The number of likely N-dealkylation sites (tertiary alicyclic amines) is 1. The van der Waals surface area contributed by atoms with Gasteiger partial charge in [-0.2, -0.15) is 0 Å². The molecular weight excluding hydrogens is 278 g/mol. The van der Waals surface area contributed by atoms with Crippen LogP contribution in [0.25, 0.3) is 0 Å². The first-order valence-corrected chi connectivity index (χ1v) is 8.28. The predicted molar refractivity (Wildman–Crippen MR) is 85.1 cm³/mol. The Hall–Kier alpha value is -1.55. The highest BCUT2D eigenvalue weighted by molar-refractivity contribution is 5.79. The molecule has 2 saturated heterocycles. The van der Waals surface area contributed by atoms with E-state index in [-0.39, 0.29) is 11.8 Å². The molecule has 1 aromatic rings. The number of carbonyl (C=O) groups is 1. The molecule has 4 nitrogen and oxygen atoms in total. The van der Waals surface area contributed by atoms with Gasteiger partial charge in [-0.25, -0.2) is 0 Å². The fourth-order valence-electron chi connectivity index (χ4n) is 3.48. The van der Waals surface area contributed by atoms with Gasteiger partial charge in [0.05, 0.1) is 19.6 Å². The Morgan fingerprint density at radius 1 is 1.23 bits per heavy atom. The van der Waals surface area contributed by atoms with Crippen LogP contribution in [0.15, 0.2) is 24.3 Å². The van der Waals surface area contributed by atoms with Crippen LogP contribution < -0.4 is 4.74 Å². The van der Waals surface area contributed by atoms with Gasteiger partial charge < -0.3 is 14.4 Å². The van der Waals surface area contributed by atoms with Crippen LogP contribution in [0.4, 0.5) is 0 Å². The normalized spacial score (nSPS) is 25.8. The summed E-state index contributed by atoms with van der Waals surface area (Å²) in [7, 11) is 1.69. The first kappa shape index (κ1) is 15.3. The van der Waals surface area contributed by atoms with E-state index in [0.717, 1.165) is 44.7 Å². The largest absolute Gasteiger partial charge is 0.497 e. The van der Waals surface area contributed by atoms with E-state index >= 15 is 0 Å². The van der Waals surface area contributed by atoms with Crippen molar-refractivity contribution in [2.45, 2.75) is 31.6 Å². The minimum absolute atomic E-state index is 0.0783. The SMILES string of the molecule is COc1ccc([C@H]2CCCCN(C(=O)[C@H]3CCOC3)C2)cc1. The third kappa shape index (κ3) is 3.43. The van der Waals surface area contributed by atoms with E-state index in [1.54, 1.807) is 7.11 Å². The molecule has 0 aromatic heterocycles. The standard InChI is InChI=1S/C18H25NO3/c1-21-17-7-5-14(6-8-17)15-4-2-3-10-19(12-15)18(20)16-9-11-22-13-16/h5-8,15-16H,2-4,9-13H2,1H3/t15-,16-/m0/s1. The van der Waals surface area contributed by atoms with E-state index in [4.69, 9.17) is 9.47 Å². The highest BCUT2D eigenvalue weighted by Crippen LogP contribution is 2.29. The van der Waals surface area contributed by atoms with Gasteiger partial charge in [-0.1, -0.05) is 18.6 Å². The highest BCUT2D eigenvalue weighted by atomic mass is 16.5. The smallest absolute Gasteiger partial charge is 0.228 e. The minimum atomic E-state index is 0.0783. The Morgan fingerprint density at radius 3 is 2.73 bits per heavy atom. The van der Waals surface area contributed by atoms with Crippen molar-refractivity contribution in [3.05, 3.63) is 29.8 Å². The number of hydrogen-bond donors (Lipinski definition) is 0. The van der Waals surface area contributed by atoms with Crippen LogP contribution in [0, 0.1) is 5.92 Å². The molecule has 2 heterocycles. The van der Waals surface area contributed by atoms with Crippen molar-refractivity contribution in [3.8, 4) is 5.75 Å². The highest BCUT2D eigenvalue weighted by Gasteiger charge is 2.30. The third-order valence-electron chi connectivity index (χ3n) is 4.85. The second-order valence-corrected chi connectivity index (χ2v) is 6.31. The molecule has 0 aliphatic carbocycles. The number of ether oxygens (including phenoxy) is 2. The molecule has 1 amide bonds. The molecule has 1 aromatic carbocycles. The van der Waals surface area contributed by atoms with Crippen molar-refractivity contribution in [2.24, 2.45) is 5.92 Å². The molecule has 2 fully saturated rings. The predicted octanol–water partition coefficient (Wildman–Crippen LogP) is 2.83. The Bertz CT molecular complexity index is 494. The van der Waals surface area contributed by atoms with Gasteiger partial charge >= 0.3 is 0 Å². The number of amides is 1. The fourth-order valence-corrected chi connectivity index (χ4v) is 3.48. The summed E-state index contributed by atoms with van der Waals surface area (Å²) in [4.78, 5) is 14.7. The Balaban J connectivity index is 1.69. The summed E-state index contributed by atoms with van der Waals surface area (Å²) < 4.78 is 10.6. The average Bonchev–Trinajstić information content (AvgIpc) is 2.99. The van der Waals surface area contributed by atoms with Gasteiger partial charge in [0.15, 0.2) is 0 Å². The topological polar surface area (TPSA) is 38.8 Å². The van der Waals surface area contributed by atoms with Crippen LogP contribution in [-0.2, 0) is 9.53 Å². The maximum atomic E-state index is 12.7. The van der Waals surface area contributed by atoms with Gasteiger partial charge in [0, 0.05) is 25.6 Å². The van der Waals surface area contributed by atoms with E-state index in [2.05, 4.69) is 17.0 Å². The van der Waals surface area contributed by atoms with Gasteiger partial charge in [0.25, 0.3) is 0 Å². The minimum Gasteiger partial charge on any atom is -0.497 e. The molecule has 3 rings (SSSR count). The van der Waals surface area contributed by atoms with Gasteiger partial charge in [0.1, 0.15) is 5.75 Å². The van der Waals surface area contributed by atoms with E-state index in [1.807, 2.05) is 12.1 Å². The lowest BCUT2D eigenvalue weighted by molar-refractivity contribution is -0.135. The van der Waals surface area contributed by atoms with E-state index in [9.17, 15) is 4.79 Å². The quantitative estimate of drug-likeness (QED) is 0.862. The summed E-state index contributed by atoms with van der Waals surface area (Å²) in [6, 6.07) is 8.29. The van der Waals surface area contributed by atoms with E-state index in [1.165, 1.54) is 12.0 Å². The molecule has 120 valence electrons. The molecule has 2 aliphatic heterocycles. The van der Waals surface area contributed by atoms with Gasteiger partial charge in [-0.05, 0) is 37.0 Å². The van der Waals surface area contributed by atoms with Crippen LogP contribution in [0.3, 0.4) is 0 Å². The van der Waals surface area contributed by atoms with Crippen LogP contribution in [0.2, 0.25) is 0 Å². The Morgan fingerprint density at radius 2 is 2.05 bits per heavy atom. The van der Waals surface area contributed by atoms with Crippen molar-refractivity contribution < 1.29 is 14.3 Å². The van der Waals surface area contributed by atoms with Crippen LogP contribution in [0.1, 0.15) is 37.2 Å². The Kier molecular flexibility index (Phi) is 4.98. The van der Waals surface area contributed by atoms with Crippen molar-refractivity contribution in [1.29, 1.82) is 0 Å². The molecule has 0 unspecified atom stereocenters. The summed E-state index contributed by atoms with van der Waals surface area (Å²) in [5.41, 5.74) is 1.31. The number of carbonyl (C=O) groups excluding carboxylic acids is 1. The van der Waals surface area contributed by atoms with Gasteiger partial charge in [0.2, 0.25) is 5.91 Å². The molecule has 22 heavy (non-hydrogen) atoms. The second-order valence-electron chi connectivity index (χ2n) is 6.31. The number of rotatable bonds is 3. The monoisotopic (exact) mass is 303 g/mol. The molecule has 0 saturated carbocycles. The van der Waals surface area contributed by atoms with Gasteiger partial charge in [-0.3, -0.25) is 4.79 Å². The van der Waals surface area contributed by atoms with Crippen molar-refractivity contribution in [1.82, 2.24) is 4.90 Å². The molecular formula is C18H25NO3.